The minimum Gasteiger partial charge on any atom is -0.335 e. The topological polar surface area (TPSA) is 56.4 Å². The first-order valence-electron chi connectivity index (χ1n) is 8.41. The van der Waals surface area contributed by atoms with E-state index in [1.54, 1.807) is 0 Å². The Morgan fingerprint density at radius 2 is 1.86 bits per heavy atom. The zero-order valence-corrected chi connectivity index (χ0v) is 12.8. The highest BCUT2D eigenvalue weighted by molar-refractivity contribution is 5.81. The molecular weight excluding hydrogens is 276 g/mol. The van der Waals surface area contributed by atoms with E-state index < -0.39 is 0 Å². The van der Waals surface area contributed by atoms with Crippen molar-refractivity contribution in [3.63, 3.8) is 0 Å². The molecule has 0 radical (unpaired) electrons. The lowest BCUT2D eigenvalue weighted by molar-refractivity contribution is -0.138. The average molecular weight is 300 g/mol. The highest BCUT2D eigenvalue weighted by atomic mass is 16.2. The maximum Gasteiger partial charge on any atom is 0.229 e. The molecule has 22 heavy (non-hydrogen) atoms. The fraction of sp³-hybridized carbons (Fsp3) is 0.588. The molecule has 4 rings (SSSR count). The molecule has 3 fully saturated rings. The van der Waals surface area contributed by atoms with Crippen molar-refractivity contribution in [2.24, 2.45) is 5.92 Å². The van der Waals surface area contributed by atoms with E-state index in [9.17, 15) is 4.79 Å². The first-order valence-corrected chi connectivity index (χ1v) is 8.41. The molecule has 1 aromatic rings. The molecule has 3 aliphatic heterocycles. The number of hydrazine groups is 1. The Hall–Kier alpha value is -1.43. The van der Waals surface area contributed by atoms with Crippen LogP contribution in [0, 0.1) is 5.92 Å². The highest BCUT2D eigenvalue weighted by Gasteiger charge is 2.44. The molecule has 5 heteroatoms. The van der Waals surface area contributed by atoms with Gasteiger partial charge in [0.2, 0.25) is 5.91 Å². The summed E-state index contributed by atoms with van der Waals surface area (Å²) in [5.74, 6) is 0.311. The van der Waals surface area contributed by atoms with Crippen LogP contribution >= 0.6 is 0 Å². The number of hydrogen-bond donors (Lipinski definition) is 3. The van der Waals surface area contributed by atoms with Gasteiger partial charge in [-0.1, -0.05) is 30.3 Å². The number of hydrogen-bond acceptors (Lipinski definition) is 4. The highest BCUT2D eigenvalue weighted by Crippen LogP contribution is 2.33. The van der Waals surface area contributed by atoms with Gasteiger partial charge in [-0.2, -0.15) is 0 Å². The van der Waals surface area contributed by atoms with E-state index >= 15 is 0 Å². The Morgan fingerprint density at radius 3 is 2.73 bits per heavy atom. The molecule has 0 saturated carbocycles. The van der Waals surface area contributed by atoms with Gasteiger partial charge < -0.3 is 10.2 Å². The van der Waals surface area contributed by atoms with Gasteiger partial charge in [0, 0.05) is 25.2 Å². The van der Waals surface area contributed by atoms with E-state index in [0.29, 0.717) is 24.5 Å². The predicted molar refractivity (Wildman–Crippen MR) is 85.0 cm³/mol. The number of nitrogens with zero attached hydrogens (tertiary/aromatic N) is 1. The molecule has 5 nitrogen and oxygen atoms in total. The fourth-order valence-corrected chi connectivity index (χ4v) is 4.24. The maximum atomic E-state index is 13.2. The lowest BCUT2D eigenvalue weighted by atomic mass is 9.93. The van der Waals surface area contributed by atoms with Crippen molar-refractivity contribution in [2.75, 3.05) is 19.6 Å². The molecule has 0 aliphatic carbocycles. The van der Waals surface area contributed by atoms with Gasteiger partial charge in [-0.05, 0) is 31.4 Å². The van der Waals surface area contributed by atoms with Gasteiger partial charge in [0.15, 0.2) is 0 Å². The van der Waals surface area contributed by atoms with Crippen molar-refractivity contribution in [1.82, 2.24) is 21.1 Å². The molecule has 3 saturated heterocycles. The molecule has 0 spiro atoms. The number of benzene rings is 1. The summed E-state index contributed by atoms with van der Waals surface area (Å²) in [5, 5.41) is 3.47. The summed E-state index contributed by atoms with van der Waals surface area (Å²) in [6.07, 6.45) is 3.40. The van der Waals surface area contributed by atoms with E-state index in [4.69, 9.17) is 0 Å². The third kappa shape index (κ3) is 2.43. The summed E-state index contributed by atoms with van der Waals surface area (Å²) in [6, 6.07) is 11.2. The number of carbonyl (C=O) groups is 1. The van der Waals surface area contributed by atoms with Crippen molar-refractivity contribution in [3.05, 3.63) is 35.9 Å². The number of rotatable bonds is 2. The second-order valence-electron chi connectivity index (χ2n) is 6.64. The number of fused-ring (bicyclic) bond motifs is 2. The molecule has 4 unspecified atom stereocenters. The van der Waals surface area contributed by atoms with Crippen LogP contribution in [0.3, 0.4) is 0 Å². The Balaban J connectivity index is 1.56. The Kier molecular flexibility index (Phi) is 3.86. The van der Waals surface area contributed by atoms with Crippen LogP contribution in [0.2, 0.25) is 0 Å². The van der Waals surface area contributed by atoms with Gasteiger partial charge in [-0.3, -0.25) is 10.2 Å². The third-order valence-electron chi connectivity index (χ3n) is 5.37. The summed E-state index contributed by atoms with van der Waals surface area (Å²) in [6.45, 7) is 2.70. The average Bonchev–Trinajstić information content (AvgIpc) is 3.11. The largest absolute Gasteiger partial charge is 0.335 e. The van der Waals surface area contributed by atoms with Crippen molar-refractivity contribution < 1.29 is 4.79 Å². The van der Waals surface area contributed by atoms with Crippen LogP contribution in [0.4, 0.5) is 0 Å². The third-order valence-corrected chi connectivity index (χ3v) is 5.37. The van der Waals surface area contributed by atoms with E-state index in [1.807, 2.05) is 18.2 Å². The standard InChI is InChI=1S/C17H24N4O/c22-17(21-13-6-7-14(21)10-18-9-8-13)15-11-19-20-16(15)12-4-2-1-3-5-12/h1-5,13-16,18-20H,6-11H2. The number of carbonyl (C=O) groups excluding carboxylic acids is 1. The first-order chi connectivity index (χ1) is 10.8. The van der Waals surface area contributed by atoms with Gasteiger partial charge in [0.1, 0.15) is 0 Å². The molecule has 3 N–H and O–H groups in total. The van der Waals surface area contributed by atoms with Gasteiger partial charge >= 0.3 is 0 Å². The zero-order chi connectivity index (χ0) is 14.9. The SMILES string of the molecule is O=C(C1CNNC1c1ccccc1)N1C2CCNCC1CC2. The second-order valence-corrected chi connectivity index (χ2v) is 6.64. The molecule has 4 atom stereocenters. The number of nitrogens with one attached hydrogen (secondary N) is 3. The summed E-state index contributed by atoms with van der Waals surface area (Å²) < 4.78 is 0. The second kappa shape index (κ2) is 5.99. The van der Waals surface area contributed by atoms with Crippen LogP contribution in [0.1, 0.15) is 30.9 Å². The first kappa shape index (κ1) is 14.2. The van der Waals surface area contributed by atoms with Crippen LogP contribution < -0.4 is 16.2 Å². The van der Waals surface area contributed by atoms with Crippen LogP contribution in [-0.2, 0) is 4.79 Å². The quantitative estimate of drug-likeness (QED) is 0.756. The van der Waals surface area contributed by atoms with Crippen LogP contribution in [-0.4, -0.2) is 42.5 Å². The Morgan fingerprint density at radius 1 is 1.05 bits per heavy atom. The molecule has 118 valence electrons. The Labute approximate surface area is 131 Å². The predicted octanol–water partition coefficient (Wildman–Crippen LogP) is 0.805. The normalized spacial score (nSPS) is 34.6. The summed E-state index contributed by atoms with van der Waals surface area (Å²) in [4.78, 5) is 15.4. The van der Waals surface area contributed by atoms with E-state index in [-0.39, 0.29) is 12.0 Å². The van der Waals surface area contributed by atoms with Gasteiger partial charge in [0.25, 0.3) is 0 Å². The van der Waals surface area contributed by atoms with Crippen LogP contribution in [0.15, 0.2) is 30.3 Å². The Bertz CT molecular complexity index is 521. The van der Waals surface area contributed by atoms with Gasteiger partial charge in [0.05, 0.1) is 12.0 Å². The van der Waals surface area contributed by atoms with Gasteiger partial charge in [-0.25, -0.2) is 5.43 Å². The van der Waals surface area contributed by atoms with Crippen molar-refractivity contribution in [2.45, 2.75) is 37.4 Å². The lowest BCUT2D eigenvalue weighted by Crippen LogP contribution is -2.47. The lowest BCUT2D eigenvalue weighted by Gasteiger charge is -2.32. The number of amides is 1. The smallest absolute Gasteiger partial charge is 0.229 e. The minimum absolute atomic E-state index is 0.0106. The maximum absolute atomic E-state index is 13.2. The van der Waals surface area contributed by atoms with Crippen molar-refractivity contribution in [1.29, 1.82) is 0 Å². The summed E-state index contributed by atoms with van der Waals surface area (Å²) in [5.41, 5.74) is 7.68. The monoisotopic (exact) mass is 300 g/mol. The van der Waals surface area contributed by atoms with E-state index in [2.05, 4.69) is 33.2 Å². The minimum atomic E-state index is -0.0106. The summed E-state index contributed by atoms with van der Waals surface area (Å²) >= 11 is 0. The fourth-order valence-electron chi connectivity index (χ4n) is 4.24. The van der Waals surface area contributed by atoms with Gasteiger partial charge in [-0.15, -0.1) is 0 Å². The van der Waals surface area contributed by atoms with Crippen molar-refractivity contribution in [3.8, 4) is 0 Å². The van der Waals surface area contributed by atoms with Crippen molar-refractivity contribution >= 4 is 5.91 Å². The van der Waals surface area contributed by atoms with Crippen LogP contribution in [0.25, 0.3) is 0 Å². The molecule has 1 amide bonds. The molecule has 3 heterocycles. The summed E-state index contributed by atoms with van der Waals surface area (Å²) in [7, 11) is 0. The van der Waals surface area contributed by atoms with E-state index in [0.717, 1.165) is 25.9 Å². The zero-order valence-electron chi connectivity index (χ0n) is 12.8. The van der Waals surface area contributed by atoms with Crippen LogP contribution in [0.5, 0.6) is 0 Å². The molecule has 0 aromatic heterocycles. The molecular formula is C17H24N4O. The molecule has 1 aromatic carbocycles. The van der Waals surface area contributed by atoms with E-state index in [1.165, 1.54) is 12.0 Å². The molecule has 2 bridgehead atoms. The molecule has 3 aliphatic rings.